The fourth-order valence-corrected chi connectivity index (χ4v) is 0.805. The minimum Gasteiger partial charge on any atom is -0.395 e. The predicted molar refractivity (Wildman–Crippen MR) is 41.0 cm³/mol. The summed E-state index contributed by atoms with van der Waals surface area (Å²) in [6.45, 7) is 4.93. The lowest BCUT2D eigenvalue weighted by Gasteiger charge is -2.20. The van der Waals surface area contributed by atoms with E-state index in [1.165, 1.54) is 0 Å². The highest BCUT2D eigenvalue weighted by Gasteiger charge is 2.13. The predicted octanol–water partition coefficient (Wildman–Crippen LogP) is -0.00830. The molecular weight excluding hydrogens is 130 g/mol. The summed E-state index contributed by atoms with van der Waals surface area (Å²) in [6.07, 6.45) is 0.0740. The molecule has 62 valence electrons. The zero-order valence-corrected chi connectivity index (χ0v) is 6.92. The molecule has 3 nitrogen and oxygen atoms in total. The van der Waals surface area contributed by atoms with E-state index in [1.54, 1.807) is 7.11 Å². The molecule has 0 fully saturated rings. The molecule has 0 rings (SSSR count). The molecule has 0 radical (unpaired) electrons. The van der Waals surface area contributed by atoms with Crippen LogP contribution in [0.25, 0.3) is 0 Å². The average molecular weight is 147 g/mol. The number of nitrogens with one attached hydrogen (secondary N) is 1. The summed E-state index contributed by atoms with van der Waals surface area (Å²) in [5.74, 6) is 0. The zero-order valence-electron chi connectivity index (χ0n) is 6.92. The molecule has 0 bridgehead atoms. The van der Waals surface area contributed by atoms with Crippen molar-refractivity contribution in [3.8, 4) is 0 Å². The maximum atomic E-state index is 8.82. The van der Waals surface area contributed by atoms with Crippen molar-refractivity contribution in [2.75, 3.05) is 20.3 Å². The standard InChI is InChI=1S/C7H17NO2/c1-4-8-7(5-9)6(2)10-3/h6-9H,4-5H2,1-3H3. The maximum Gasteiger partial charge on any atom is 0.0718 e. The van der Waals surface area contributed by atoms with Crippen LogP contribution in [0.5, 0.6) is 0 Å². The fourth-order valence-electron chi connectivity index (χ4n) is 0.805. The van der Waals surface area contributed by atoms with Gasteiger partial charge in [-0.25, -0.2) is 0 Å². The molecule has 0 amide bonds. The van der Waals surface area contributed by atoms with Crippen LogP contribution in [-0.4, -0.2) is 37.5 Å². The van der Waals surface area contributed by atoms with E-state index >= 15 is 0 Å². The zero-order chi connectivity index (χ0) is 7.98. The van der Waals surface area contributed by atoms with E-state index in [2.05, 4.69) is 5.32 Å². The maximum absolute atomic E-state index is 8.82. The van der Waals surface area contributed by atoms with Gasteiger partial charge < -0.3 is 15.2 Å². The number of aliphatic hydroxyl groups is 1. The van der Waals surface area contributed by atoms with Crippen molar-refractivity contribution in [1.29, 1.82) is 0 Å². The molecule has 0 aromatic carbocycles. The molecule has 0 aliphatic rings. The molecule has 3 heteroatoms. The molecule has 0 saturated heterocycles. The molecule has 0 aliphatic carbocycles. The van der Waals surface area contributed by atoms with Gasteiger partial charge in [0.2, 0.25) is 0 Å². The molecule has 0 heterocycles. The Balaban J connectivity index is 3.56. The van der Waals surface area contributed by atoms with Crippen LogP contribution < -0.4 is 5.32 Å². The molecule has 10 heavy (non-hydrogen) atoms. The first kappa shape index (κ1) is 9.88. The Kier molecular flexibility index (Phi) is 5.58. The van der Waals surface area contributed by atoms with Crippen molar-refractivity contribution in [2.24, 2.45) is 0 Å². The summed E-state index contributed by atoms with van der Waals surface area (Å²) in [5.41, 5.74) is 0. The molecule has 0 spiro atoms. The van der Waals surface area contributed by atoms with E-state index in [4.69, 9.17) is 9.84 Å². The van der Waals surface area contributed by atoms with Gasteiger partial charge in [0.15, 0.2) is 0 Å². The minimum atomic E-state index is 0.0648. The molecule has 0 aromatic rings. The lowest BCUT2D eigenvalue weighted by Crippen LogP contribution is -2.42. The Morgan fingerprint density at radius 3 is 2.50 bits per heavy atom. The van der Waals surface area contributed by atoms with Gasteiger partial charge in [-0.15, -0.1) is 0 Å². The van der Waals surface area contributed by atoms with Crippen LogP contribution in [0.2, 0.25) is 0 Å². The van der Waals surface area contributed by atoms with Gasteiger partial charge in [-0.1, -0.05) is 6.92 Å². The van der Waals surface area contributed by atoms with E-state index in [0.717, 1.165) is 6.54 Å². The first-order valence-corrected chi connectivity index (χ1v) is 3.63. The van der Waals surface area contributed by atoms with Gasteiger partial charge in [-0.2, -0.15) is 0 Å². The molecule has 0 aliphatic heterocycles. The Labute approximate surface area is 62.4 Å². The van der Waals surface area contributed by atoms with Gasteiger partial charge >= 0.3 is 0 Å². The van der Waals surface area contributed by atoms with Crippen molar-refractivity contribution >= 4 is 0 Å². The number of hydrogen-bond acceptors (Lipinski definition) is 3. The summed E-state index contributed by atoms with van der Waals surface area (Å²) in [6, 6.07) is 0.0648. The summed E-state index contributed by atoms with van der Waals surface area (Å²) in [7, 11) is 1.64. The van der Waals surface area contributed by atoms with Crippen LogP contribution in [-0.2, 0) is 4.74 Å². The second-order valence-corrected chi connectivity index (χ2v) is 2.29. The summed E-state index contributed by atoms with van der Waals surface area (Å²) >= 11 is 0. The van der Waals surface area contributed by atoms with Crippen LogP contribution in [0.15, 0.2) is 0 Å². The van der Waals surface area contributed by atoms with Gasteiger partial charge in [0.1, 0.15) is 0 Å². The van der Waals surface area contributed by atoms with Crippen LogP contribution in [0, 0.1) is 0 Å². The SMILES string of the molecule is CCNC(CO)C(C)OC. The molecule has 0 aromatic heterocycles. The Hall–Kier alpha value is -0.120. The molecule has 2 atom stereocenters. The largest absolute Gasteiger partial charge is 0.395 e. The summed E-state index contributed by atoms with van der Waals surface area (Å²) in [4.78, 5) is 0. The third kappa shape index (κ3) is 3.15. The highest BCUT2D eigenvalue weighted by molar-refractivity contribution is 4.70. The van der Waals surface area contributed by atoms with Gasteiger partial charge in [-0.3, -0.25) is 0 Å². The third-order valence-electron chi connectivity index (χ3n) is 1.60. The van der Waals surface area contributed by atoms with Crippen molar-refractivity contribution in [1.82, 2.24) is 5.32 Å². The van der Waals surface area contributed by atoms with Gasteiger partial charge in [-0.05, 0) is 13.5 Å². The van der Waals surface area contributed by atoms with Gasteiger partial charge in [0, 0.05) is 7.11 Å². The first-order valence-electron chi connectivity index (χ1n) is 3.63. The number of methoxy groups -OCH3 is 1. The third-order valence-corrected chi connectivity index (χ3v) is 1.60. The number of ether oxygens (including phenoxy) is 1. The Bertz CT molecular complexity index is 78.0. The van der Waals surface area contributed by atoms with Crippen LogP contribution in [0.3, 0.4) is 0 Å². The van der Waals surface area contributed by atoms with Crippen LogP contribution in [0.1, 0.15) is 13.8 Å². The lowest BCUT2D eigenvalue weighted by molar-refractivity contribution is 0.0594. The van der Waals surface area contributed by atoms with Crippen molar-refractivity contribution in [2.45, 2.75) is 26.0 Å². The smallest absolute Gasteiger partial charge is 0.0718 e. The number of aliphatic hydroxyl groups excluding tert-OH is 1. The molecule has 2 N–H and O–H groups in total. The topological polar surface area (TPSA) is 41.5 Å². The average Bonchev–Trinajstić information content (AvgIpc) is 1.99. The monoisotopic (exact) mass is 147 g/mol. The highest BCUT2D eigenvalue weighted by Crippen LogP contribution is 1.95. The number of likely N-dealkylation sites (N-methyl/N-ethyl adjacent to an activating group) is 1. The first-order chi connectivity index (χ1) is 4.76. The van der Waals surface area contributed by atoms with E-state index in [9.17, 15) is 0 Å². The quantitative estimate of drug-likeness (QED) is 0.575. The highest BCUT2D eigenvalue weighted by atomic mass is 16.5. The van der Waals surface area contributed by atoms with Crippen LogP contribution in [0.4, 0.5) is 0 Å². The minimum absolute atomic E-state index is 0.0648. The second kappa shape index (κ2) is 5.65. The summed E-state index contributed by atoms with van der Waals surface area (Å²) in [5, 5.41) is 11.9. The Morgan fingerprint density at radius 2 is 2.20 bits per heavy atom. The van der Waals surface area contributed by atoms with E-state index < -0.39 is 0 Å². The van der Waals surface area contributed by atoms with E-state index in [1.807, 2.05) is 13.8 Å². The van der Waals surface area contributed by atoms with E-state index in [0.29, 0.717) is 0 Å². The number of hydrogen-bond donors (Lipinski definition) is 2. The van der Waals surface area contributed by atoms with Crippen molar-refractivity contribution in [3.05, 3.63) is 0 Å². The van der Waals surface area contributed by atoms with Crippen molar-refractivity contribution < 1.29 is 9.84 Å². The van der Waals surface area contributed by atoms with Gasteiger partial charge in [0.25, 0.3) is 0 Å². The lowest BCUT2D eigenvalue weighted by atomic mass is 10.2. The molecular formula is C7H17NO2. The number of rotatable bonds is 5. The van der Waals surface area contributed by atoms with Crippen LogP contribution >= 0.6 is 0 Å². The fraction of sp³-hybridized carbons (Fsp3) is 1.00. The summed E-state index contributed by atoms with van der Waals surface area (Å²) < 4.78 is 5.03. The van der Waals surface area contributed by atoms with Crippen molar-refractivity contribution in [3.63, 3.8) is 0 Å². The normalized spacial score (nSPS) is 16.8. The molecule has 2 unspecified atom stereocenters. The van der Waals surface area contributed by atoms with Gasteiger partial charge in [0.05, 0.1) is 18.8 Å². The van der Waals surface area contributed by atoms with E-state index in [-0.39, 0.29) is 18.8 Å². The second-order valence-electron chi connectivity index (χ2n) is 2.29. The molecule has 0 saturated carbocycles. The Morgan fingerprint density at radius 1 is 1.60 bits per heavy atom.